The molecule has 1 aromatic carbocycles. The lowest BCUT2D eigenvalue weighted by atomic mass is 9.99. The van der Waals surface area contributed by atoms with Crippen molar-refractivity contribution in [1.29, 1.82) is 0 Å². The highest BCUT2D eigenvalue weighted by molar-refractivity contribution is 7.89. The Balaban J connectivity index is 2.95. The van der Waals surface area contributed by atoms with Gasteiger partial charge in [-0.1, -0.05) is 32.9 Å². The summed E-state index contributed by atoms with van der Waals surface area (Å²) < 4.78 is 27.2. The average molecular weight is 285 g/mol. The summed E-state index contributed by atoms with van der Waals surface area (Å²) in [5.41, 5.74) is 1.24. The molecule has 1 aromatic rings. The summed E-state index contributed by atoms with van der Waals surface area (Å²) in [6, 6.07) is 4.95. The Bertz CT molecular complexity index is 523. The van der Waals surface area contributed by atoms with Crippen LogP contribution in [0.15, 0.2) is 23.1 Å². The number of hydrogen-bond acceptors (Lipinski definition) is 3. The summed E-state index contributed by atoms with van der Waals surface area (Å²) in [6.45, 7) is 8.13. The first kappa shape index (κ1) is 16.1. The maximum Gasteiger partial charge on any atom is 0.240 e. The van der Waals surface area contributed by atoms with Crippen LogP contribution >= 0.6 is 0 Å². The Hall–Kier alpha value is -0.910. The highest BCUT2D eigenvalue weighted by Crippen LogP contribution is 2.19. The van der Waals surface area contributed by atoms with Crippen LogP contribution in [-0.4, -0.2) is 20.1 Å². The molecule has 5 heteroatoms. The second-order valence-electron chi connectivity index (χ2n) is 5.27. The van der Waals surface area contributed by atoms with Gasteiger partial charge in [-0.15, -0.1) is 0 Å². The summed E-state index contributed by atoms with van der Waals surface area (Å²) in [6.07, 6.45) is 0. The van der Waals surface area contributed by atoms with Gasteiger partial charge >= 0.3 is 0 Å². The van der Waals surface area contributed by atoms with Gasteiger partial charge in [0.15, 0.2) is 0 Å². The normalized spacial score (nSPS) is 13.8. The van der Waals surface area contributed by atoms with Gasteiger partial charge in [0.1, 0.15) is 0 Å². The summed E-state index contributed by atoms with van der Waals surface area (Å²) in [5, 5.41) is 9.18. The molecule has 108 valence electrons. The molecule has 2 N–H and O–H groups in total. The van der Waals surface area contributed by atoms with Crippen LogP contribution in [0, 0.1) is 18.8 Å². The van der Waals surface area contributed by atoms with Gasteiger partial charge < -0.3 is 5.11 Å². The number of aliphatic hydroxyl groups is 1. The molecule has 0 amide bonds. The highest BCUT2D eigenvalue weighted by atomic mass is 32.2. The van der Waals surface area contributed by atoms with Gasteiger partial charge in [-0.2, -0.15) is 0 Å². The minimum Gasteiger partial charge on any atom is -0.392 e. The van der Waals surface area contributed by atoms with Crippen molar-refractivity contribution in [2.24, 2.45) is 11.8 Å². The van der Waals surface area contributed by atoms with Crippen LogP contribution in [0.1, 0.15) is 31.9 Å². The predicted molar refractivity (Wildman–Crippen MR) is 76.3 cm³/mol. The summed E-state index contributed by atoms with van der Waals surface area (Å²) >= 11 is 0. The van der Waals surface area contributed by atoms with Crippen LogP contribution in [-0.2, 0) is 16.6 Å². The van der Waals surface area contributed by atoms with E-state index in [-0.39, 0.29) is 17.4 Å². The Labute approximate surface area is 115 Å². The molecule has 0 fully saturated rings. The zero-order valence-electron chi connectivity index (χ0n) is 12.0. The molecule has 1 unspecified atom stereocenters. The van der Waals surface area contributed by atoms with E-state index >= 15 is 0 Å². The van der Waals surface area contributed by atoms with E-state index in [4.69, 9.17) is 0 Å². The van der Waals surface area contributed by atoms with Crippen molar-refractivity contribution in [3.63, 3.8) is 0 Å². The van der Waals surface area contributed by atoms with E-state index in [2.05, 4.69) is 18.6 Å². The minimum absolute atomic E-state index is 0.155. The molecular formula is C14H23NO3S. The largest absolute Gasteiger partial charge is 0.392 e. The van der Waals surface area contributed by atoms with E-state index in [0.717, 1.165) is 0 Å². The molecule has 4 nitrogen and oxygen atoms in total. The van der Waals surface area contributed by atoms with Crippen LogP contribution in [0.5, 0.6) is 0 Å². The van der Waals surface area contributed by atoms with Crippen molar-refractivity contribution in [2.45, 2.75) is 39.2 Å². The van der Waals surface area contributed by atoms with Gasteiger partial charge in [0.2, 0.25) is 10.0 Å². The second kappa shape index (κ2) is 6.50. The zero-order valence-corrected chi connectivity index (χ0v) is 12.8. The molecule has 1 atom stereocenters. The zero-order chi connectivity index (χ0) is 14.6. The molecule has 19 heavy (non-hydrogen) atoms. The fraction of sp³-hybridized carbons (Fsp3) is 0.571. The van der Waals surface area contributed by atoms with E-state index in [9.17, 15) is 13.5 Å². The molecule has 0 aliphatic heterocycles. The van der Waals surface area contributed by atoms with Gasteiger partial charge in [0, 0.05) is 6.54 Å². The Morgan fingerprint density at radius 3 is 2.42 bits per heavy atom. The third-order valence-electron chi connectivity index (χ3n) is 3.59. The van der Waals surface area contributed by atoms with Crippen LogP contribution < -0.4 is 4.72 Å². The molecule has 0 saturated heterocycles. The number of hydrogen-bond donors (Lipinski definition) is 2. The third kappa shape index (κ3) is 4.03. The van der Waals surface area contributed by atoms with Crippen molar-refractivity contribution >= 4 is 10.0 Å². The Morgan fingerprint density at radius 1 is 1.26 bits per heavy atom. The van der Waals surface area contributed by atoms with Gasteiger partial charge in [-0.25, -0.2) is 13.1 Å². The van der Waals surface area contributed by atoms with Crippen molar-refractivity contribution in [3.8, 4) is 0 Å². The fourth-order valence-electron chi connectivity index (χ4n) is 1.68. The second-order valence-corrected chi connectivity index (χ2v) is 7.01. The number of nitrogens with one attached hydrogen (secondary N) is 1. The van der Waals surface area contributed by atoms with E-state index in [0.29, 0.717) is 23.6 Å². The van der Waals surface area contributed by atoms with Crippen molar-refractivity contribution in [3.05, 3.63) is 29.3 Å². The first-order valence-corrected chi connectivity index (χ1v) is 7.97. The van der Waals surface area contributed by atoms with Crippen LogP contribution in [0.4, 0.5) is 0 Å². The molecule has 0 saturated carbocycles. The van der Waals surface area contributed by atoms with E-state index in [1.807, 2.05) is 6.92 Å². The molecule has 0 aromatic heterocycles. The SMILES string of the molecule is Cc1c(CO)cccc1S(=O)(=O)NCC(C)C(C)C. The van der Waals surface area contributed by atoms with Crippen LogP contribution in [0.3, 0.4) is 0 Å². The summed E-state index contributed by atoms with van der Waals surface area (Å²) in [7, 11) is -3.51. The maximum absolute atomic E-state index is 12.3. The number of aliphatic hydroxyl groups excluding tert-OH is 1. The number of sulfonamides is 1. The lowest BCUT2D eigenvalue weighted by molar-refractivity contribution is 0.280. The van der Waals surface area contributed by atoms with Gasteiger partial charge in [-0.05, 0) is 36.0 Å². The Kier molecular flexibility index (Phi) is 5.52. The smallest absolute Gasteiger partial charge is 0.240 e. The quantitative estimate of drug-likeness (QED) is 0.840. The topological polar surface area (TPSA) is 66.4 Å². The highest BCUT2D eigenvalue weighted by Gasteiger charge is 2.19. The monoisotopic (exact) mass is 285 g/mol. The Morgan fingerprint density at radius 2 is 1.89 bits per heavy atom. The van der Waals surface area contributed by atoms with E-state index < -0.39 is 10.0 Å². The molecule has 0 aliphatic carbocycles. The van der Waals surface area contributed by atoms with Crippen molar-refractivity contribution < 1.29 is 13.5 Å². The number of rotatable bonds is 6. The van der Waals surface area contributed by atoms with Crippen molar-refractivity contribution in [1.82, 2.24) is 4.72 Å². The van der Waals surface area contributed by atoms with Gasteiger partial charge in [0.05, 0.1) is 11.5 Å². The minimum atomic E-state index is -3.51. The molecule has 0 bridgehead atoms. The van der Waals surface area contributed by atoms with E-state index in [1.165, 1.54) is 0 Å². The van der Waals surface area contributed by atoms with Gasteiger partial charge in [-0.3, -0.25) is 0 Å². The number of benzene rings is 1. The third-order valence-corrected chi connectivity index (χ3v) is 5.16. The first-order chi connectivity index (χ1) is 8.79. The molecule has 0 heterocycles. The van der Waals surface area contributed by atoms with Crippen LogP contribution in [0.25, 0.3) is 0 Å². The summed E-state index contributed by atoms with van der Waals surface area (Å²) in [5.74, 6) is 0.698. The van der Waals surface area contributed by atoms with Crippen LogP contribution in [0.2, 0.25) is 0 Å². The fourth-order valence-corrected chi connectivity index (χ4v) is 3.11. The molecule has 0 spiro atoms. The molecular weight excluding hydrogens is 262 g/mol. The molecule has 0 radical (unpaired) electrons. The van der Waals surface area contributed by atoms with E-state index in [1.54, 1.807) is 25.1 Å². The van der Waals surface area contributed by atoms with Crippen molar-refractivity contribution in [2.75, 3.05) is 6.54 Å². The summed E-state index contributed by atoms with van der Waals surface area (Å²) in [4.78, 5) is 0.245. The first-order valence-electron chi connectivity index (χ1n) is 6.48. The standard InChI is InChI=1S/C14H23NO3S/c1-10(2)11(3)8-15-19(17,18)14-7-5-6-13(9-16)12(14)4/h5-7,10-11,15-16H,8-9H2,1-4H3. The lowest BCUT2D eigenvalue weighted by Crippen LogP contribution is -2.30. The molecule has 1 rings (SSSR count). The maximum atomic E-state index is 12.3. The predicted octanol–water partition coefficient (Wildman–Crippen LogP) is 2.06. The van der Waals surface area contributed by atoms with Gasteiger partial charge in [0.25, 0.3) is 0 Å². The lowest BCUT2D eigenvalue weighted by Gasteiger charge is -2.17. The average Bonchev–Trinajstić information content (AvgIpc) is 2.35. The molecule has 0 aliphatic rings.